The zero-order valence-electron chi connectivity index (χ0n) is 8.72. The highest BCUT2D eigenvalue weighted by Gasteiger charge is 2.12. The number of unbranched alkanes of at least 4 members (excludes halogenated alkanes) is 1. The van der Waals surface area contributed by atoms with E-state index in [0.29, 0.717) is 6.54 Å². The van der Waals surface area contributed by atoms with Crippen molar-refractivity contribution in [1.82, 2.24) is 0 Å². The van der Waals surface area contributed by atoms with E-state index < -0.39 is 5.82 Å². The van der Waals surface area contributed by atoms with E-state index in [2.05, 4.69) is 0 Å². The Morgan fingerprint density at radius 3 is 2.73 bits per heavy atom. The lowest BCUT2D eigenvalue weighted by Crippen LogP contribution is -2.01. The van der Waals surface area contributed by atoms with Crippen LogP contribution in [0, 0.1) is 5.82 Å². The quantitative estimate of drug-likeness (QED) is 0.791. The largest absolute Gasteiger partial charge is 0.493 e. The second-order valence-corrected chi connectivity index (χ2v) is 3.71. The minimum atomic E-state index is -0.482. The molecule has 0 spiro atoms. The number of halogens is 2. The Morgan fingerprint density at radius 1 is 1.40 bits per heavy atom. The Balaban J connectivity index is 2.83. The molecule has 1 aromatic rings. The molecule has 4 heteroatoms. The summed E-state index contributed by atoms with van der Waals surface area (Å²) >= 11 is 5.65. The molecule has 0 amide bonds. The van der Waals surface area contributed by atoms with Gasteiger partial charge in [0, 0.05) is 0 Å². The fraction of sp³-hybridized carbons (Fsp3) is 0.455. The summed E-state index contributed by atoms with van der Waals surface area (Å²) in [6.45, 7) is 0.651. The van der Waals surface area contributed by atoms with E-state index in [1.807, 2.05) is 0 Å². The highest BCUT2D eigenvalue weighted by atomic mass is 35.5. The third-order valence-electron chi connectivity index (χ3n) is 2.24. The highest BCUT2D eigenvalue weighted by Crippen LogP contribution is 2.29. The third kappa shape index (κ3) is 3.08. The van der Waals surface area contributed by atoms with Crippen LogP contribution in [0.5, 0.6) is 5.75 Å². The van der Waals surface area contributed by atoms with Gasteiger partial charge in [-0.2, -0.15) is 0 Å². The normalized spacial score (nSPS) is 10.4. The summed E-state index contributed by atoms with van der Waals surface area (Å²) in [5, 5.41) is 0.0921. The van der Waals surface area contributed by atoms with Gasteiger partial charge in [0.2, 0.25) is 0 Å². The molecule has 0 radical (unpaired) electrons. The molecule has 0 unspecified atom stereocenters. The third-order valence-corrected chi connectivity index (χ3v) is 2.53. The first-order chi connectivity index (χ1) is 7.20. The standard InChI is InChI=1S/C11H15ClFNO/c1-15-11-8(4-2-3-7-14)5-6-9(12)10(11)13/h5-6H,2-4,7,14H2,1H3. The van der Waals surface area contributed by atoms with Crippen LogP contribution in [0.15, 0.2) is 12.1 Å². The van der Waals surface area contributed by atoms with Crippen LogP contribution in [0.2, 0.25) is 5.02 Å². The first-order valence-corrected chi connectivity index (χ1v) is 5.29. The van der Waals surface area contributed by atoms with Crippen molar-refractivity contribution in [1.29, 1.82) is 0 Å². The molecule has 2 nitrogen and oxygen atoms in total. The monoisotopic (exact) mass is 231 g/mol. The van der Waals surface area contributed by atoms with Crippen LogP contribution in [-0.4, -0.2) is 13.7 Å². The minimum absolute atomic E-state index is 0.0921. The van der Waals surface area contributed by atoms with Gasteiger partial charge in [-0.05, 0) is 37.4 Å². The summed E-state index contributed by atoms with van der Waals surface area (Å²) in [7, 11) is 1.45. The zero-order chi connectivity index (χ0) is 11.3. The fourth-order valence-electron chi connectivity index (χ4n) is 1.45. The molecule has 84 valence electrons. The average molecular weight is 232 g/mol. The number of hydrogen-bond acceptors (Lipinski definition) is 2. The molecule has 15 heavy (non-hydrogen) atoms. The fourth-order valence-corrected chi connectivity index (χ4v) is 1.60. The van der Waals surface area contributed by atoms with E-state index in [4.69, 9.17) is 22.1 Å². The van der Waals surface area contributed by atoms with E-state index in [-0.39, 0.29) is 10.8 Å². The first-order valence-electron chi connectivity index (χ1n) is 4.91. The zero-order valence-corrected chi connectivity index (χ0v) is 9.48. The molecular formula is C11H15ClFNO. The molecule has 0 fully saturated rings. The maximum Gasteiger partial charge on any atom is 0.183 e. The van der Waals surface area contributed by atoms with Crippen molar-refractivity contribution in [2.24, 2.45) is 5.73 Å². The van der Waals surface area contributed by atoms with Gasteiger partial charge in [0.1, 0.15) is 0 Å². The van der Waals surface area contributed by atoms with E-state index in [9.17, 15) is 4.39 Å². The number of benzene rings is 1. The average Bonchev–Trinajstić information content (AvgIpc) is 2.24. The number of methoxy groups -OCH3 is 1. The highest BCUT2D eigenvalue weighted by molar-refractivity contribution is 6.30. The lowest BCUT2D eigenvalue weighted by molar-refractivity contribution is 0.381. The van der Waals surface area contributed by atoms with Crippen molar-refractivity contribution in [3.63, 3.8) is 0 Å². The van der Waals surface area contributed by atoms with Gasteiger partial charge in [0.05, 0.1) is 12.1 Å². The van der Waals surface area contributed by atoms with Crippen LogP contribution < -0.4 is 10.5 Å². The van der Waals surface area contributed by atoms with Crippen molar-refractivity contribution in [3.05, 3.63) is 28.5 Å². The summed E-state index contributed by atoms with van der Waals surface area (Å²) < 4.78 is 18.5. The number of rotatable bonds is 5. The van der Waals surface area contributed by atoms with E-state index >= 15 is 0 Å². The van der Waals surface area contributed by atoms with Crippen LogP contribution in [0.1, 0.15) is 18.4 Å². The van der Waals surface area contributed by atoms with E-state index in [1.54, 1.807) is 12.1 Å². The van der Waals surface area contributed by atoms with Crippen LogP contribution in [0.25, 0.3) is 0 Å². The molecule has 0 aliphatic heterocycles. The van der Waals surface area contributed by atoms with Gasteiger partial charge >= 0.3 is 0 Å². The summed E-state index contributed by atoms with van der Waals surface area (Å²) in [4.78, 5) is 0. The number of hydrogen-bond donors (Lipinski definition) is 1. The maximum atomic E-state index is 13.5. The second kappa shape index (κ2) is 5.93. The Bertz CT molecular complexity index is 331. The smallest absolute Gasteiger partial charge is 0.183 e. The summed E-state index contributed by atoms with van der Waals surface area (Å²) in [5.41, 5.74) is 6.23. The van der Waals surface area contributed by atoms with Crippen molar-refractivity contribution < 1.29 is 9.13 Å². The minimum Gasteiger partial charge on any atom is -0.493 e. The van der Waals surface area contributed by atoms with Crippen molar-refractivity contribution in [2.45, 2.75) is 19.3 Å². The van der Waals surface area contributed by atoms with Gasteiger partial charge in [-0.3, -0.25) is 0 Å². The molecule has 2 N–H and O–H groups in total. The summed E-state index contributed by atoms with van der Waals surface area (Å²) in [5.74, 6) is -0.232. The Morgan fingerprint density at radius 2 is 2.13 bits per heavy atom. The van der Waals surface area contributed by atoms with Gasteiger partial charge in [-0.1, -0.05) is 17.7 Å². The van der Waals surface area contributed by atoms with E-state index in [0.717, 1.165) is 24.8 Å². The van der Waals surface area contributed by atoms with Gasteiger partial charge in [-0.25, -0.2) is 4.39 Å². The maximum absolute atomic E-state index is 13.5. The molecule has 0 aliphatic rings. The molecule has 1 rings (SSSR count). The number of ether oxygens (including phenoxy) is 1. The van der Waals surface area contributed by atoms with Gasteiger partial charge in [0.15, 0.2) is 11.6 Å². The molecular weight excluding hydrogens is 217 g/mol. The topological polar surface area (TPSA) is 35.2 Å². The Labute approximate surface area is 94.2 Å². The molecule has 1 aromatic carbocycles. The number of nitrogens with two attached hydrogens (primary N) is 1. The Hall–Kier alpha value is -0.800. The SMILES string of the molecule is COc1c(CCCCN)ccc(Cl)c1F. The first kappa shape index (κ1) is 12.3. The van der Waals surface area contributed by atoms with Crippen LogP contribution in [0.3, 0.4) is 0 Å². The van der Waals surface area contributed by atoms with Gasteiger partial charge in [0.25, 0.3) is 0 Å². The molecule has 0 saturated heterocycles. The molecule has 0 atom stereocenters. The lowest BCUT2D eigenvalue weighted by atomic mass is 10.1. The Kier molecular flexibility index (Phi) is 4.85. The number of aryl methyl sites for hydroxylation is 1. The second-order valence-electron chi connectivity index (χ2n) is 3.30. The molecule has 0 heterocycles. The van der Waals surface area contributed by atoms with Crippen molar-refractivity contribution >= 4 is 11.6 Å². The molecule has 0 bridgehead atoms. The van der Waals surface area contributed by atoms with Gasteiger partial charge in [-0.15, -0.1) is 0 Å². The van der Waals surface area contributed by atoms with Crippen molar-refractivity contribution in [2.75, 3.05) is 13.7 Å². The molecule has 0 aliphatic carbocycles. The van der Waals surface area contributed by atoms with Crippen LogP contribution >= 0.6 is 11.6 Å². The van der Waals surface area contributed by atoms with Crippen molar-refractivity contribution in [3.8, 4) is 5.75 Å². The van der Waals surface area contributed by atoms with E-state index in [1.165, 1.54) is 7.11 Å². The van der Waals surface area contributed by atoms with Gasteiger partial charge < -0.3 is 10.5 Å². The molecule has 0 aromatic heterocycles. The summed E-state index contributed by atoms with van der Waals surface area (Å²) in [6, 6.07) is 3.35. The summed E-state index contributed by atoms with van der Waals surface area (Å²) in [6.07, 6.45) is 2.61. The predicted octanol–water partition coefficient (Wildman–Crippen LogP) is 2.77. The van der Waals surface area contributed by atoms with Crippen LogP contribution in [0.4, 0.5) is 4.39 Å². The lowest BCUT2D eigenvalue weighted by Gasteiger charge is -2.09. The van der Waals surface area contributed by atoms with Crippen LogP contribution in [-0.2, 0) is 6.42 Å². The predicted molar refractivity (Wildman–Crippen MR) is 60.0 cm³/mol. The molecule has 0 saturated carbocycles.